The maximum atomic E-state index is 9.76. The third-order valence-electron chi connectivity index (χ3n) is 2.79. The summed E-state index contributed by atoms with van der Waals surface area (Å²) in [5.41, 5.74) is 2.58. The normalized spacial score (nSPS) is 12.7. The minimum Gasteiger partial charge on any atom is -0.467 e. The summed E-state index contributed by atoms with van der Waals surface area (Å²) in [5.74, 6) is 0.772. The predicted octanol–water partition coefficient (Wildman–Crippen LogP) is 2.32. The standard InChI is InChI=1S/C14H19NO3S/c1-11-9-19-10-12(11)5-15-6-13(16)7-17-8-14-3-2-4-18-14/h2-4,9-10,13,15-16H,5-8H2,1H3. The first-order valence-corrected chi connectivity index (χ1v) is 7.20. The van der Waals surface area contributed by atoms with E-state index in [9.17, 15) is 5.11 Å². The lowest BCUT2D eigenvalue weighted by Crippen LogP contribution is -2.30. The van der Waals surface area contributed by atoms with Gasteiger partial charge in [-0.3, -0.25) is 0 Å². The Morgan fingerprint density at radius 3 is 3.05 bits per heavy atom. The Morgan fingerprint density at radius 1 is 1.47 bits per heavy atom. The molecule has 0 aliphatic carbocycles. The number of aliphatic hydroxyl groups excluding tert-OH is 1. The van der Waals surface area contributed by atoms with Crippen LogP contribution in [0.3, 0.4) is 0 Å². The summed E-state index contributed by atoms with van der Waals surface area (Å²) >= 11 is 1.70. The molecular formula is C14H19NO3S. The number of hydrogen-bond acceptors (Lipinski definition) is 5. The number of furan rings is 1. The third kappa shape index (κ3) is 4.80. The molecule has 2 heterocycles. The Balaban J connectivity index is 1.57. The summed E-state index contributed by atoms with van der Waals surface area (Å²) in [4.78, 5) is 0. The molecule has 0 saturated heterocycles. The number of aliphatic hydroxyl groups is 1. The van der Waals surface area contributed by atoms with Gasteiger partial charge < -0.3 is 19.6 Å². The quantitative estimate of drug-likeness (QED) is 0.779. The first-order valence-electron chi connectivity index (χ1n) is 6.26. The fraction of sp³-hybridized carbons (Fsp3) is 0.429. The van der Waals surface area contributed by atoms with Crippen molar-refractivity contribution < 1.29 is 14.3 Å². The fourth-order valence-electron chi connectivity index (χ4n) is 1.69. The number of aryl methyl sites for hydroxylation is 1. The zero-order chi connectivity index (χ0) is 13.5. The van der Waals surface area contributed by atoms with Gasteiger partial charge in [0.05, 0.1) is 19.0 Å². The van der Waals surface area contributed by atoms with Crippen molar-refractivity contribution in [1.82, 2.24) is 5.32 Å². The molecule has 5 heteroatoms. The van der Waals surface area contributed by atoms with Crippen LogP contribution >= 0.6 is 11.3 Å². The molecule has 0 saturated carbocycles. The monoisotopic (exact) mass is 281 g/mol. The van der Waals surface area contributed by atoms with Crippen LogP contribution in [-0.2, 0) is 17.9 Å². The summed E-state index contributed by atoms with van der Waals surface area (Å²) < 4.78 is 10.5. The maximum Gasteiger partial charge on any atom is 0.129 e. The lowest BCUT2D eigenvalue weighted by Gasteiger charge is -2.11. The minimum absolute atomic E-state index is 0.302. The van der Waals surface area contributed by atoms with Gasteiger partial charge in [0, 0.05) is 13.1 Å². The first-order chi connectivity index (χ1) is 9.25. The van der Waals surface area contributed by atoms with Crippen molar-refractivity contribution in [3.8, 4) is 0 Å². The molecule has 2 rings (SSSR count). The van der Waals surface area contributed by atoms with Crippen LogP contribution in [-0.4, -0.2) is 24.4 Å². The Hall–Kier alpha value is -1.14. The van der Waals surface area contributed by atoms with Crippen molar-refractivity contribution in [2.24, 2.45) is 0 Å². The van der Waals surface area contributed by atoms with Crippen LogP contribution in [0, 0.1) is 6.92 Å². The summed E-state index contributed by atoms with van der Waals surface area (Å²) in [5, 5.41) is 17.2. The van der Waals surface area contributed by atoms with Gasteiger partial charge in [-0.1, -0.05) is 0 Å². The smallest absolute Gasteiger partial charge is 0.129 e. The topological polar surface area (TPSA) is 54.6 Å². The van der Waals surface area contributed by atoms with E-state index in [0.29, 0.717) is 19.8 Å². The lowest BCUT2D eigenvalue weighted by atomic mass is 10.2. The third-order valence-corrected chi connectivity index (χ3v) is 3.70. The Labute approximate surface area is 117 Å². The van der Waals surface area contributed by atoms with Gasteiger partial charge in [0.15, 0.2) is 0 Å². The molecule has 19 heavy (non-hydrogen) atoms. The van der Waals surface area contributed by atoms with E-state index in [1.807, 2.05) is 12.1 Å². The van der Waals surface area contributed by atoms with E-state index >= 15 is 0 Å². The van der Waals surface area contributed by atoms with Gasteiger partial charge in [-0.2, -0.15) is 11.3 Å². The van der Waals surface area contributed by atoms with Crippen LogP contribution in [0.15, 0.2) is 33.6 Å². The predicted molar refractivity (Wildman–Crippen MR) is 75.1 cm³/mol. The van der Waals surface area contributed by atoms with Gasteiger partial charge in [0.1, 0.15) is 12.4 Å². The van der Waals surface area contributed by atoms with Gasteiger partial charge in [-0.15, -0.1) is 0 Å². The SMILES string of the molecule is Cc1cscc1CNCC(O)COCc1ccco1. The van der Waals surface area contributed by atoms with Crippen molar-refractivity contribution in [3.63, 3.8) is 0 Å². The molecule has 0 spiro atoms. The van der Waals surface area contributed by atoms with Crippen molar-refractivity contribution in [2.75, 3.05) is 13.2 Å². The largest absolute Gasteiger partial charge is 0.467 e. The van der Waals surface area contributed by atoms with E-state index in [0.717, 1.165) is 12.3 Å². The number of thiophene rings is 1. The highest BCUT2D eigenvalue weighted by Gasteiger charge is 2.06. The Morgan fingerprint density at radius 2 is 2.37 bits per heavy atom. The highest BCUT2D eigenvalue weighted by Crippen LogP contribution is 2.12. The summed E-state index contributed by atoms with van der Waals surface area (Å²) in [6.07, 6.45) is 1.11. The van der Waals surface area contributed by atoms with Crippen LogP contribution in [0.4, 0.5) is 0 Å². The van der Waals surface area contributed by atoms with Crippen LogP contribution in [0.5, 0.6) is 0 Å². The minimum atomic E-state index is -0.506. The molecule has 2 N–H and O–H groups in total. The van der Waals surface area contributed by atoms with E-state index in [4.69, 9.17) is 9.15 Å². The molecule has 2 aromatic heterocycles. The molecule has 104 valence electrons. The molecule has 0 aromatic carbocycles. The number of nitrogens with one attached hydrogen (secondary N) is 1. The lowest BCUT2D eigenvalue weighted by molar-refractivity contribution is 0.0225. The van der Waals surface area contributed by atoms with Gasteiger partial charge in [0.25, 0.3) is 0 Å². The second-order valence-corrected chi connectivity index (χ2v) is 5.20. The van der Waals surface area contributed by atoms with Crippen molar-refractivity contribution >= 4 is 11.3 Å². The summed E-state index contributed by atoms with van der Waals surface area (Å²) in [7, 11) is 0. The van der Waals surface area contributed by atoms with Crippen LogP contribution < -0.4 is 5.32 Å². The number of ether oxygens (including phenoxy) is 1. The second-order valence-electron chi connectivity index (χ2n) is 4.46. The van der Waals surface area contributed by atoms with Crippen molar-refractivity contribution in [2.45, 2.75) is 26.2 Å². The Kier molecular flexibility index (Phi) is 5.60. The maximum absolute atomic E-state index is 9.76. The molecule has 0 amide bonds. The van der Waals surface area contributed by atoms with Crippen LogP contribution in [0.1, 0.15) is 16.9 Å². The molecule has 1 atom stereocenters. The fourth-order valence-corrected chi connectivity index (χ4v) is 2.55. The highest BCUT2D eigenvalue weighted by molar-refractivity contribution is 7.08. The van der Waals surface area contributed by atoms with Crippen LogP contribution in [0.2, 0.25) is 0 Å². The zero-order valence-electron chi connectivity index (χ0n) is 11.0. The van der Waals surface area contributed by atoms with E-state index in [-0.39, 0.29) is 0 Å². The second kappa shape index (κ2) is 7.45. The summed E-state index contributed by atoms with van der Waals surface area (Å²) in [6, 6.07) is 3.67. The number of rotatable bonds is 8. The molecule has 0 bridgehead atoms. The molecular weight excluding hydrogens is 262 g/mol. The molecule has 4 nitrogen and oxygen atoms in total. The van der Waals surface area contributed by atoms with Crippen molar-refractivity contribution in [3.05, 3.63) is 46.0 Å². The van der Waals surface area contributed by atoms with E-state index < -0.39 is 6.10 Å². The van der Waals surface area contributed by atoms with E-state index in [2.05, 4.69) is 23.0 Å². The van der Waals surface area contributed by atoms with E-state index in [1.54, 1.807) is 17.6 Å². The molecule has 0 aliphatic heterocycles. The molecule has 1 unspecified atom stereocenters. The van der Waals surface area contributed by atoms with Gasteiger partial charge in [0.2, 0.25) is 0 Å². The molecule has 0 aliphatic rings. The molecule has 0 radical (unpaired) electrons. The van der Waals surface area contributed by atoms with Gasteiger partial charge in [-0.25, -0.2) is 0 Å². The Bertz CT molecular complexity index is 467. The van der Waals surface area contributed by atoms with Crippen LogP contribution in [0.25, 0.3) is 0 Å². The number of hydrogen-bond donors (Lipinski definition) is 2. The van der Waals surface area contributed by atoms with E-state index in [1.165, 1.54) is 11.1 Å². The average Bonchev–Trinajstić information content (AvgIpc) is 3.02. The molecule has 2 aromatic rings. The van der Waals surface area contributed by atoms with Gasteiger partial charge in [-0.05, 0) is 40.9 Å². The van der Waals surface area contributed by atoms with Crippen molar-refractivity contribution in [1.29, 1.82) is 0 Å². The molecule has 0 fully saturated rings. The van der Waals surface area contributed by atoms with Gasteiger partial charge >= 0.3 is 0 Å². The first kappa shape index (κ1) is 14.3. The zero-order valence-corrected chi connectivity index (χ0v) is 11.8. The summed E-state index contributed by atoms with van der Waals surface area (Å²) in [6.45, 7) is 4.10. The highest BCUT2D eigenvalue weighted by atomic mass is 32.1. The average molecular weight is 281 g/mol.